The molecule has 3 aromatic rings. The molecule has 3 aromatic carbocycles. The SMILES string of the molecule is N#Cc1ccc(CSc2ccccc2C(=O)NCC(=O)N2CCc3ccccc3C2)cc1. The van der Waals surface area contributed by atoms with Gasteiger partial charge in [-0.2, -0.15) is 5.26 Å². The Bertz CT molecular complexity index is 1170. The average Bonchev–Trinajstić information content (AvgIpc) is 2.86. The normalized spacial score (nSPS) is 12.5. The lowest BCUT2D eigenvalue weighted by Gasteiger charge is -2.29. The summed E-state index contributed by atoms with van der Waals surface area (Å²) in [5.41, 5.74) is 4.71. The molecule has 1 N–H and O–H groups in total. The topological polar surface area (TPSA) is 73.2 Å². The van der Waals surface area contributed by atoms with Crippen LogP contribution < -0.4 is 5.32 Å². The predicted molar refractivity (Wildman–Crippen MR) is 125 cm³/mol. The number of nitrogens with zero attached hydrogens (tertiary/aromatic N) is 2. The Hall–Kier alpha value is -3.56. The van der Waals surface area contributed by atoms with Crippen LogP contribution in [-0.2, 0) is 23.5 Å². The number of hydrogen-bond acceptors (Lipinski definition) is 4. The standard InChI is InChI=1S/C26H23N3O2S/c27-15-19-9-11-20(12-10-19)18-32-24-8-4-3-7-23(24)26(31)28-16-25(30)29-14-13-21-5-1-2-6-22(21)17-29/h1-12H,13-14,16-18H2,(H,28,31). The highest BCUT2D eigenvalue weighted by Gasteiger charge is 2.21. The number of nitrogens with one attached hydrogen (secondary N) is 1. The third kappa shape index (κ3) is 5.19. The van der Waals surface area contributed by atoms with Crippen LogP contribution in [0.4, 0.5) is 0 Å². The summed E-state index contributed by atoms with van der Waals surface area (Å²) in [6.07, 6.45) is 0.838. The smallest absolute Gasteiger partial charge is 0.252 e. The molecular weight excluding hydrogens is 418 g/mol. The minimum Gasteiger partial charge on any atom is -0.343 e. The summed E-state index contributed by atoms with van der Waals surface area (Å²) in [4.78, 5) is 28.1. The van der Waals surface area contributed by atoms with E-state index in [4.69, 9.17) is 5.26 Å². The molecule has 0 spiro atoms. The Morgan fingerprint density at radius 2 is 1.69 bits per heavy atom. The van der Waals surface area contributed by atoms with Gasteiger partial charge in [-0.25, -0.2) is 0 Å². The lowest BCUT2D eigenvalue weighted by Crippen LogP contribution is -2.42. The molecule has 0 saturated carbocycles. The lowest BCUT2D eigenvalue weighted by atomic mass is 10.00. The van der Waals surface area contributed by atoms with Crippen molar-refractivity contribution in [3.05, 3.63) is 101 Å². The summed E-state index contributed by atoms with van der Waals surface area (Å²) in [7, 11) is 0. The quantitative estimate of drug-likeness (QED) is 0.583. The molecule has 0 bridgehead atoms. The van der Waals surface area contributed by atoms with Gasteiger partial charge in [0.2, 0.25) is 5.91 Å². The first-order chi connectivity index (χ1) is 15.6. The van der Waals surface area contributed by atoms with Crippen molar-refractivity contribution in [3.63, 3.8) is 0 Å². The second-order valence-corrected chi connectivity index (χ2v) is 8.63. The van der Waals surface area contributed by atoms with Crippen LogP contribution in [-0.4, -0.2) is 29.8 Å². The van der Waals surface area contributed by atoms with E-state index in [2.05, 4.69) is 23.5 Å². The van der Waals surface area contributed by atoms with Crippen molar-refractivity contribution >= 4 is 23.6 Å². The van der Waals surface area contributed by atoms with E-state index in [0.29, 0.717) is 30.0 Å². The van der Waals surface area contributed by atoms with Gasteiger partial charge in [0.25, 0.3) is 5.91 Å². The average molecular weight is 442 g/mol. The van der Waals surface area contributed by atoms with Crippen LogP contribution >= 0.6 is 11.8 Å². The molecule has 0 saturated heterocycles. The van der Waals surface area contributed by atoms with Crippen LogP contribution in [0.5, 0.6) is 0 Å². The highest BCUT2D eigenvalue weighted by Crippen LogP contribution is 2.26. The molecule has 0 aliphatic carbocycles. The van der Waals surface area contributed by atoms with E-state index in [1.807, 2.05) is 42.5 Å². The Kier molecular flexibility index (Phi) is 6.88. The highest BCUT2D eigenvalue weighted by molar-refractivity contribution is 7.98. The molecule has 0 radical (unpaired) electrons. The second kappa shape index (κ2) is 10.2. The minimum atomic E-state index is -0.251. The summed E-state index contributed by atoms with van der Waals surface area (Å²) in [6, 6.07) is 25.1. The van der Waals surface area contributed by atoms with Crippen LogP contribution in [0, 0.1) is 11.3 Å². The Labute approximate surface area is 192 Å². The third-order valence-corrected chi connectivity index (χ3v) is 6.64. The number of carbonyl (C=O) groups is 2. The van der Waals surface area contributed by atoms with Gasteiger partial charge in [0.05, 0.1) is 23.7 Å². The fraction of sp³-hybridized carbons (Fsp3) is 0.192. The number of thioether (sulfide) groups is 1. The molecule has 0 unspecified atom stereocenters. The molecule has 1 heterocycles. The molecule has 32 heavy (non-hydrogen) atoms. The van der Waals surface area contributed by atoms with Crippen molar-refractivity contribution in [1.82, 2.24) is 10.2 Å². The summed E-state index contributed by atoms with van der Waals surface area (Å²) in [6.45, 7) is 1.24. The second-order valence-electron chi connectivity index (χ2n) is 7.61. The van der Waals surface area contributed by atoms with Crippen molar-refractivity contribution in [2.45, 2.75) is 23.6 Å². The third-order valence-electron chi connectivity index (χ3n) is 5.49. The maximum Gasteiger partial charge on any atom is 0.252 e. The Balaban J connectivity index is 1.34. The van der Waals surface area contributed by atoms with E-state index in [1.165, 1.54) is 11.1 Å². The summed E-state index contributed by atoms with van der Waals surface area (Å²) in [5.74, 6) is 0.358. The van der Waals surface area contributed by atoms with Gasteiger partial charge >= 0.3 is 0 Å². The van der Waals surface area contributed by atoms with Gasteiger partial charge in [0.15, 0.2) is 0 Å². The van der Waals surface area contributed by atoms with Gasteiger partial charge in [0, 0.05) is 23.7 Å². The summed E-state index contributed by atoms with van der Waals surface area (Å²) >= 11 is 1.56. The van der Waals surface area contributed by atoms with Gasteiger partial charge in [-0.1, -0.05) is 48.5 Å². The fourth-order valence-electron chi connectivity index (χ4n) is 3.69. The molecule has 160 valence electrons. The molecule has 2 amide bonds. The monoisotopic (exact) mass is 441 g/mol. The van der Waals surface area contributed by atoms with Crippen LogP contribution in [0.1, 0.15) is 32.6 Å². The Morgan fingerprint density at radius 1 is 0.969 bits per heavy atom. The van der Waals surface area contributed by atoms with Crippen LogP contribution in [0.15, 0.2) is 77.7 Å². The van der Waals surface area contributed by atoms with E-state index in [0.717, 1.165) is 16.9 Å². The summed E-state index contributed by atoms with van der Waals surface area (Å²) < 4.78 is 0. The van der Waals surface area contributed by atoms with Crippen molar-refractivity contribution in [3.8, 4) is 6.07 Å². The van der Waals surface area contributed by atoms with E-state index < -0.39 is 0 Å². The molecule has 5 nitrogen and oxygen atoms in total. The molecule has 4 rings (SSSR count). The van der Waals surface area contributed by atoms with E-state index in [1.54, 1.807) is 34.9 Å². The number of rotatable bonds is 6. The first-order valence-corrected chi connectivity index (χ1v) is 11.5. The van der Waals surface area contributed by atoms with Crippen LogP contribution in [0.25, 0.3) is 0 Å². The van der Waals surface area contributed by atoms with Gasteiger partial charge in [-0.3, -0.25) is 9.59 Å². The van der Waals surface area contributed by atoms with Crippen molar-refractivity contribution in [2.24, 2.45) is 0 Å². The lowest BCUT2D eigenvalue weighted by molar-refractivity contribution is -0.131. The van der Waals surface area contributed by atoms with Crippen molar-refractivity contribution in [1.29, 1.82) is 5.26 Å². The van der Waals surface area contributed by atoms with E-state index in [9.17, 15) is 9.59 Å². The fourth-order valence-corrected chi connectivity index (χ4v) is 4.69. The number of carbonyl (C=O) groups excluding carboxylic acids is 2. The molecule has 6 heteroatoms. The molecule has 0 atom stereocenters. The highest BCUT2D eigenvalue weighted by atomic mass is 32.2. The van der Waals surface area contributed by atoms with Gasteiger partial charge in [-0.05, 0) is 47.4 Å². The van der Waals surface area contributed by atoms with E-state index >= 15 is 0 Å². The van der Waals surface area contributed by atoms with Gasteiger partial charge < -0.3 is 10.2 Å². The minimum absolute atomic E-state index is 0.0182. The molecular formula is C26H23N3O2S. The van der Waals surface area contributed by atoms with Gasteiger partial charge in [0.1, 0.15) is 0 Å². The van der Waals surface area contributed by atoms with Gasteiger partial charge in [-0.15, -0.1) is 11.8 Å². The molecule has 1 aliphatic heterocycles. The number of fused-ring (bicyclic) bond motifs is 1. The van der Waals surface area contributed by atoms with Crippen LogP contribution in [0.2, 0.25) is 0 Å². The Morgan fingerprint density at radius 3 is 2.47 bits per heavy atom. The number of benzene rings is 3. The van der Waals surface area contributed by atoms with Crippen molar-refractivity contribution in [2.75, 3.05) is 13.1 Å². The number of hydrogen-bond donors (Lipinski definition) is 1. The zero-order chi connectivity index (χ0) is 22.3. The van der Waals surface area contributed by atoms with Crippen LogP contribution in [0.3, 0.4) is 0 Å². The zero-order valence-electron chi connectivity index (χ0n) is 17.6. The molecule has 1 aliphatic rings. The number of nitriles is 1. The summed E-state index contributed by atoms with van der Waals surface area (Å²) in [5, 5.41) is 11.7. The first kappa shape index (κ1) is 21.7. The largest absolute Gasteiger partial charge is 0.343 e. The predicted octanol–water partition coefficient (Wildman–Crippen LogP) is 4.17. The maximum atomic E-state index is 12.8. The molecule has 0 fully saturated rings. The molecule has 0 aromatic heterocycles. The van der Waals surface area contributed by atoms with Crippen molar-refractivity contribution < 1.29 is 9.59 Å². The zero-order valence-corrected chi connectivity index (χ0v) is 18.4. The maximum absolute atomic E-state index is 12.8. The number of amides is 2. The first-order valence-electron chi connectivity index (χ1n) is 10.5. The van der Waals surface area contributed by atoms with E-state index in [-0.39, 0.29) is 18.4 Å².